The van der Waals surface area contributed by atoms with Gasteiger partial charge in [0.15, 0.2) is 16.7 Å². The van der Waals surface area contributed by atoms with Crippen LogP contribution in [0.2, 0.25) is 0 Å². The average Bonchev–Trinajstić information content (AvgIpc) is 3.41. The molecule has 0 aromatic carbocycles. The van der Waals surface area contributed by atoms with Crippen LogP contribution in [0.1, 0.15) is 36.4 Å². The molecule has 1 fully saturated rings. The number of ether oxygens (including phenoxy) is 1. The highest BCUT2D eigenvalue weighted by molar-refractivity contribution is 7.18. The fraction of sp³-hybridized carbons (Fsp3) is 0.350. The first-order valence-corrected chi connectivity index (χ1v) is 9.97. The highest BCUT2D eigenvalue weighted by Crippen LogP contribution is 2.35. The van der Waals surface area contributed by atoms with Crippen molar-refractivity contribution in [2.24, 2.45) is 15.9 Å². The van der Waals surface area contributed by atoms with Crippen molar-refractivity contribution < 1.29 is 18.7 Å². The predicted molar refractivity (Wildman–Crippen MR) is 113 cm³/mol. The number of nitrogens with one attached hydrogen (secondary N) is 1. The molecular formula is C20H22N4O4S. The summed E-state index contributed by atoms with van der Waals surface area (Å²) in [5, 5.41) is 3.06. The van der Waals surface area contributed by atoms with Crippen molar-refractivity contribution in [2.45, 2.75) is 26.7 Å². The van der Waals surface area contributed by atoms with Crippen molar-refractivity contribution in [1.82, 2.24) is 4.98 Å². The number of amides is 1. The van der Waals surface area contributed by atoms with Gasteiger partial charge in [-0.2, -0.15) is 0 Å². The molecule has 2 aromatic heterocycles. The summed E-state index contributed by atoms with van der Waals surface area (Å²) in [6.45, 7) is 7.82. The molecule has 2 aromatic rings. The second kappa shape index (κ2) is 9.53. The van der Waals surface area contributed by atoms with E-state index in [2.05, 4.69) is 27.0 Å². The number of aliphatic imine (C=N–C) groups is 2. The molecule has 0 spiro atoms. The number of Topliss-reactive ketones (excluding diaryl/α,β-unsaturated/α-hetero) is 1. The lowest BCUT2D eigenvalue weighted by atomic mass is 9.94. The zero-order chi connectivity index (χ0) is 20.8. The third-order valence-electron chi connectivity index (χ3n) is 4.45. The molecular weight excluding hydrogens is 392 g/mol. The summed E-state index contributed by atoms with van der Waals surface area (Å²) in [7, 11) is 0. The number of furan rings is 1. The van der Waals surface area contributed by atoms with E-state index < -0.39 is 0 Å². The first-order chi connectivity index (χ1) is 14.0. The van der Waals surface area contributed by atoms with Gasteiger partial charge in [-0.3, -0.25) is 14.9 Å². The summed E-state index contributed by atoms with van der Waals surface area (Å²) >= 11 is 1.15. The molecule has 1 aliphatic rings. The minimum Gasteiger partial charge on any atom is -0.463 e. The van der Waals surface area contributed by atoms with E-state index >= 15 is 0 Å². The van der Waals surface area contributed by atoms with Gasteiger partial charge >= 0.3 is 0 Å². The quantitative estimate of drug-likeness (QED) is 0.333. The Hall–Kier alpha value is -2.91. The van der Waals surface area contributed by atoms with Crippen molar-refractivity contribution in [3.8, 4) is 11.5 Å². The van der Waals surface area contributed by atoms with Gasteiger partial charge in [0, 0.05) is 30.9 Å². The summed E-state index contributed by atoms with van der Waals surface area (Å²) in [4.78, 5) is 38.1. The highest BCUT2D eigenvalue weighted by Gasteiger charge is 2.29. The minimum absolute atomic E-state index is 0.00208. The number of amidine groups is 1. The van der Waals surface area contributed by atoms with Gasteiger partial charge in [-0.15, -0.1) is 0 Å². The third kappa shape index (κ3) is 5.12. The molecule has 0 aliphatic carbocycles. The van der Waals surface area contributed by atoms with E-state index in [1.807, 2.05) is 0 Å². The molecule has 0 unspecified atom stereocenters. The van der Waals surface area contributed by atoms with E-state index in [1.165, 1.54) is 12.5 Å². The first kappa shape index (κ1) is 20.8. The van der Waals surface area contributed by atoms with Crippen LogP contribution >= 0.6 is 11.3 Å². The van der Waals surface area contributed by atoms with Gasteiger partial charge < -0.3 is 9.15 Å². The molecule has 152 valence electrons. The number of carbonyl (C=O) groups is 2. The van der Waals surface area contributed by atoms with Crippen molar-refractivity contribution in [2.75, 3.05) is 18.5 Å². The zero-order valence-corrected chi connectivity index (χ0v) is 17.1. The number of rotatable bonds is 6. The molecule has 1 aliphatic heterocycles. The Morgan fingerprint density at radius 3 is 2.76 bits per heavy atom. The fourth-order valence-electron chi connectivity index (χ4n) is 2.75. The Labute approximate surface area is 172 Å². The first-order valence-electron chi connectivity index (χ1n) is 9.15. The van der Waals surface area contributed by atoms with Crippen LogP contribution in [0.4, 0.5) is 5.13 Å². The largest absolute Gasteiger partial charge is 0.463 e. The minimum atomic E-state index is -0.365. The van der Waals surface area contributed by atoms with Crippen LogP contribution in [-0.2, 0) is 9.53 Å². The molecule has 0 bridgehead atoms. The van der Waals surface area contributed by atoms with Gasteiger partial charge in [0.05, 0.1) is 6.26 Å². The lowest BCUT2D eigenvalue weighted by molar-refractivity contribution is -0.112. The Balaban J connectivity index is 1.85. The van der Waals surface area contributed by atoms with E-state index in [4.69, 9.17) is 9.15 Å². The summed E-state index contributed by atoms with van der Waals surface area (Å²) in [6, 6.07) is 3.48. The van der Waals surface area contributed by atoms with Crippen LogP contribution in [0.25, 0.3) is 11.5 Å². The average molecular weight is 414 g/mol. The van der Waals surface area contributed by atoms with Crippen LogP contribution in [0.15, 0.2) is 44.6 Å². The smallest absolute Gasteiger partial charge is 0.254 e. The van der Waals surface area contributed by atoms with Crippen LogP contribution < -0.4 is 5.32 Å². The Morgan fingerprint density at radius 1 is 1.34 bits per heavy atom. The van der Waals surface area contributed by atoms with E-state index in [0.29, 0.717) is 58.9 Å². The molecule has 0 atom stereocenters. The van der Waals surface area contributed by atoms with Crippen LogP contribution in [0, 0.1) is 5.92 Å². The van der Waals surface area contributed by atoms with Gasteiger partial charge in [-0.05, 0) is 45.5 Å². The molecule has 1 N–H and O–H groups in total. The second-order valence-electron chi connectivity index (χ2n) is 6.53. The predicted octanol–water partition coefficient (Wildman–Crippen LogP) is 3.97. The molecule has 3 rings (SSSR count). The van der Waals surface area contributed by atoms with Crippen molar-refractivity contribution >= 4 is 40.7 Å². The standard InChI is InChI=1S/C20H22N4O4S/c1-12(11-22-13(2)21-3)19(26)24-20-23-16(15-5-4-8-28-15)18(29-20)17(25)14-6-9-27-10-7-14/h4-5,8,11,14H,3,6-7,9-10H2,1-2H3,(H,23,24,26)/b12-11+,22-13?. The summed E-state index contributed by atoms with van der Waals surface area (Å²) in [5.41, 5.74) is 0.818. The van der Waals surface area contributed by atoms with Crippen LogP contribution in [-0.4, -0.2) is 42.4 Å². The molecule has 3 heterocycles. The molecule has 9 heteroatoms. The van der Waals surface area contributed by atoms with Crippen molar-refractivity contribution in [3.05, 3.63) is 35.0 Å². The monoisotopic (exact) mass is 414 g/mol. The molecule has 0 radical (unpaired) electrons. The maximum Gasteiger partial charge on any atom is 0.254 e. The van der Waals surface area contributed by atoms with Crippen molar-refractivity contribution in [1.29, 1.82) is 0 Å². The van der Waals surface area contributed by atoms with Gasteiger partial charge in [-0.1, -0.05) is 11.3 Å². The number of hydrogen-bond acceptors (Lipinski definition) is 7. The Bertz CT molecular complexity index is 953. The summed E-state index contributed by atoms with van der Waals surface area (Å²) in [6.07, 6.45) is 4.28. The lowest BCUT2D eigenvalue weighted by Crippen LogP contribution is -2.23. The molecule has 29 heavy (non-hydrogen) atoms. The third-order valence-corrected chi connectivity index (χ3v) is 5.44. The number of carbonyl (C=O) groups excluding carboxylic acids is 2. The topological polar surface area (TPSA) is 106 Å². The van der Waals surface area contributed by atoms with Gasteiger partial charge in [0.2, 0.25) is 0 Å². The van der Waals surface area contributed by atoms with Crippen LogP contribution in [0.5, 0.6) is 0 Å². The normalized spacial score (nSPS) is 15.9. The Kier molecular flexibility index (Phi) is 6.84. The number of nitrogens with zero attached hydrogens (tertiary/aromatic N) is 3. The van der Waals surface area contributed by atoms with Gasteiger partial charge in [0.25, 0.3) is 5.91 Å². The maximum absolute atomic E-state index is 13.1. The molecule has 8 nitrogen and oxygen atoms in total. The van der Waals surface area contributed by atoms with E-state index in [-0.39, 0.29) is 17.6 Å². The van der Waals surface area contributed by atoms with E-state index in [1.54, 1.807) is 26.0 Å². The molecule has 0 saturated carbocycles. The number of ketones is 1. The van der Waals surface area contributed by atoms with Crippen molar-refractivity contribution in [3.63, 3.8) is 0 Å². The van der Waals surface area contributed by atoms with Gasteiger partial charge in [0.1, 0.15) is 16.4 Å². The Morgan fingerprint density at radius 2 is 2.10 bits per heavy atom. The molecule has 1 saturated heterocycles. The summed E-state index contributed by atoms with van der Waals surface area (Å²) in [5.74, 6) is 0.460. The summed E-state index contributed by atoms with van der Waals surface area (Å²) < 4.78 is 10.8. The fourth-order valence-corrected chi connectivity index (χ4v) is 3.74. The maximum atomic E-state index is 13.1. The number of hydrogen-bond donors (Lipinski definition) is 1. The lowest BCUT2D eigenvalue weighted by Gasteiger charge is -2.20. The highest BCUT2D eigenvalue weighted by atomic mass is 32.1. The number of anilines is 1. The van der Waals surface area contributed by atoms with Crippen LogP contribution in [0.3, 0.4) is 0 Å². The molecule has 1 amide bonds. The van der Waals surface area contributed by atoms with E-state index in [9.17, 15) is 9.59 Å². The second-order valence-corrected chi connectivity index (χ2v) is 7.52. The van der Waals surface area contributed by atoms with Gasteiger partial charge in [-0.25, -0.2) is 15.0 Å². The number of thiazole rings is 1. The van der Waals surface area contributed by atoms with E-state index in [0.717, 1.165) is 11.3 Å². The zero-order valence-electron chi connectivity index (χ0n) is 16.3. The SMILES string of the molecule is C=NC(C)=N/C=C(\C)C(=O)Nc1nc(-c2ccco2)c(C(=O)C2CCOCC2)s1. The number of aromatic nitrogens is 1.